The Morgan fingerprint density at radius 3 is 2.85 bits per heavy atom. The van der Waals surface area contributed by atoms with Crippen LogP contribution in [0.2, 0.25) is 0 Å². The third-order valence-electron chi connectivity index (χ3n) is 4.24. The van der Waals surface area contributed by atoms with Crippen molar-refractivity contribution in [2.75, 3.05) is 11.1 Å². The molecule has 1 heterocycles. The SMILES string of the molecule is CC(=O)Nc1cc2c(cc1-c1cccc([N+](=O)[O-])c1)-c1nc(N)sc1C2. The average molecular weight is 366 g/mol. The van der Waals surface area contributed by atoms with E-state index in [0.717, 1.165) is 21.7 Å². The Labute approximate surface area is 152 Å². The molecule has 0 radical (unpaired) electrons. The van der Waals surface area contributed by atoms with Crippen molar-refractivity contribution in [2.24, 2.45) is 0 Å². The topological polar surface area (TPSA) is 111 Å². The van der Waals surface area contributed by atoms with Crippen LogP contribution >= 0.6 is 11.3 Å². The lowest BCUT2D eigenvalue weighted by Crippen LogP contribution is -2.07. The van der Waals surface area contributed by atoms with Crippen LogP contribution in [0.4, 0.5) is 16.5 Å². The molecule has 0 aliphatic heterocycles. The molecule has 3 N–H and O–H groups in total. The monoisotopic (exact) mass is 366 g/mol. The van der Waals surface area contributed by atoms with Gasteiger partial charge in [-0.25, -0.2) is 4.98 Å². The van der Waals surface area contributed by atoms with Crippen LogP contribution in [-0.2, 0) is 11.2 Å². The van der Waals surface area contributed by atoms with Crippen LogP contribution in [-0.4, -0.2) is 15.8 Å². The quantitative estimate of drug-likeness (QED) is 0.423. The number of nitro groups is 1. The van der Waals surface area contributed by atoms with Crippen LogP contribution in [0, 0.1) is 10.1 Å². The molecule has 0 bridgehead atoms. The summed E-state index contributed by atoms with van der Waals surface area (Å²) in [5.41, 5.74) is 10.7. The Hall–Kier alpha value is -3.26. The number of benzene rings is 2. The standard InChI is InChI=1S/C18H14N4O3S/c1-9(23)20-15-6-11-7-16-17(21-18(19)26-16)14(11)8-13(15)10-3-2-4-12(5-10)22(24)25/h2-6,8H,7H2,1H3,(H2,19,21)(H,20,23). The molecule has 7 nitrogen and oxygen atoms in total. The number of thiazole rings is 1. The van der Waals surface area contributed by atoms with Crippen LogP contribution in [0.1, 0.15) is 17.4 Å². The first-order valence-corrected chi connectivity index (χ1v) is 8.69. The van der Waals surface area contributed by atoms with Crippen LogP contribution in [0.3, 0.4) is 0 Å². The normalized spacial score (nSPS) is 11.7. The number of nitrogen functional groups attached to an aromatic ring is 1. The van der Waals surface area contributed by atoms with Crippen molar-refractivity contribution in [3.63, 3.8) is 0 Å². The molecular weight excluding hydrogens is 352 g/mol. The smallest absolute Gasteiger partial charge is 0.270 e. The number of carbonyl (C=O) groups is 1. The maximum Gasteiger partial charge on any atom is 0.270 e. The number of non-ortho nitro benzene ring substituents is 1. The van der Waals surface area contributed by atoms with Gasteiger partial charge in [-0.15, -0.1) is 11.3 Å². The first kappa shape index (κ1) is 16.2. The van der Waals surface area contributed by atoms with E-state index in [1.54, 1.807) is 12.1 Å². The summed E-state index contributed by atoms with van der Waals surface area (Å²) in [5.74, 6) is -0.202. The number of nitrogens with zero attached hydrogens (tertiary/aromatic N) is 2. The van der Waals surface area contributed by atoms with Gasteiger partial charge in [0.2, 0.25) is 5.91 Å². The number of fused-ring (bicyclic) bond motifs is 3. The maximum absolute atomic E-state index is 11.6. The number of amides is 1. The predicted molar refractivity (Wildman–Crippen MR) is 101 cm³/mol. The van der Waals surface area contributed by atoms with E-state index in [2.05, 4.69) is 10.3 Å². The zero-order chi connectivity index (χ0) is 18.4. The zero-order valence-electron chi connectivity index (χ0n) is 13.8. The fourth-order valence-corrected chi connectivity index (χ4v) is 4.07. The van der Waals surface area contributed by atoms with Gasteiger partial charge >= 0.3 is 0 Å². The number of nitro benzene ring substituents is 1. The summed E-state index contributed by atoms with van der Waals surface area (Å²) in [6.07, 6.45) is 0.710. The van der Waals surface area contributed by atoms with E-state index in [1.807, 2.05) is 12.1 Å². The molecule has 3 aromatic rings. The van der Waals surface area contributed by atoms with Crippen molar-refractivity contribution in [1.82, 2.24) is 4.98 Å². The molecule has 0 saturated carbocycles. The minimum atomic E-state index is -0.436. The van der Waals surface area contributed by atoms with E-state index in [0.29, 0.717) is 28.4 Å². The molecule has 2 aromatic carbocycles. The van der Waals surface area contributed by atoms with Crippen molar-refractivity contribution >= 4 is 33.8 Å². The van der Waals surface area contributed by atoms with E-state index in [9.17, 15) is 14.9 Å². The Balaban J connectivity index is 1.91. The van der Waals surface area contributed by atoms with Gasteiger partial charge in [0.1, 0.15) is 0 Å². The lowest BCUT2D eigenvalue weighted by molar-refractivity contribution is -0.384. The number of nitrogens with one attached hydrogen (secondary N) is 1. The summed E-state index contributed by atoms with van der Waals surface area (Å²) in [6.45, 7) is 1.43. The second-order valence-corrected chi connectivity index (χ2v) is 7.16. The molecule has 0 spiro atoms. The lowest BCUT2D eigenvalue weighted by atomic mass is 9.97. The van der Waals surface area contributed by atoms with Crippen LogP contribution < -0.4 is 11.1 Å². The Morgan fingerprint density at radius 1 is 1.31 bits per heavy atom. The third-order valence-corrected chi connectivity index (χ3v) is 5.13. The van der Waals surface area contributed by atoms with Crippen molar-refractivity contribution in [1.29, 1.82) is 0 Å². The molecule has 130 valence electrons. The molecule has 1 aliphatic carbocycles. The summed E-state index contributed by atoms with van der Waals surface area (Å²) >= 11 is 1.45. The van der Waals surface area contributed by atoms with Crippen LogP contribution in [0.5, 0.6) is 0 Å². The predicted octanol–water partition coefficient (Wildman–Crippen LogP) is 3.83. The largest absolute Gasteiger partial charge is 0.375 e. The van der Waals surface area contributed by atoms with Gasteiger partial charge in [0.05, 0.1) is 10.6 Å². The second-order valence-electron chi connectivity index (χ2n) is 6.04. The summed E-state index contributed by atoms with van der Waals surface area (Å²) in [5, 5.41) is 14.5. The highest BCUT2D eigenvalue weighted by Crippen LogP contribution is 2.44. The molecule has 8 heteroatoms. The molecule has 1 aliphatic rings. The molecule has 0 saturated heterocycles. The van der Waals surface area contributed by atoms with Gasteiger partial charge in [-0.05, 0) is 23.3 Å². The second kappa shape index (κ2) is 5.92. The van der Waals surface area contributed by atoms with Crippen molar-refractivity contribution in [2.45, 2.75) is 13.3 Å². The van der Waals surface area contributed by atoms with Gasteiger partial charge < -0.3 is 11.1 Å². The minimum Gasteiger partial charge on any atom is -0.375 e. The number of rotatable bonds is 3. The average Bonchev–Trinajstić information content (AvgIpc) is 3.09. The number of hydrogen-bond donors (Lipinski definition) is 2. The molecule has 26 heavy (non-hydrogen) atoms. The Morgan fingerprint density at radius 2 is 2.12 bits per heavy atom. The lowest BCUT2D eigenvalue weighted by Gasteiger charge is -2.13. The number of hydrogen-bond acceptors (Lipinski definition) is 6. The molecule has 0 atom stereocenters. The molecular formula is C18H14N4O3S. The van der Waals surface area contributed by atoms with Gasteiger partial charge in [0.25, 0.3) is 5.69 Å². The highest BCUT2D eigenvalue weighted by Gasteiger charge is 2.25. The molecule has 1 amide bonds. The minimum absolute atomic E-state index is 0.00429. The summed E-state index contributed by atoms with van der Waals surface area (Å²) in [6, 6.07) is 10.2. The maximum atomic E-state index is 11.6. The number of aromatic nitrogens is 1. The van der Waals surface area contributed by atoms with Gasteiger partial charge in [0, 0.05) is 47.2 Å². The number of nitrogens with two attached hydrogens (primary N) is 1. The van der Waals surface area contributed by atoms with E-state index in [4.69, 9.17) is 5.73 Å². The van der Waals surface area contributed by atoms with E-state index < -0.39 is 4.92 Å². The third kappa shape index (κ3) is 2.70. The molecule has 0 unspecified atom stereocenters. The van der Waals surface area contributed by atoms with E-state index in [-0.39, 0.29) is 11.6 Å². The Bertz CT molecular complexity index is 1070. The molecule has 0 fully saturated rings. The van der Waals surface area contributed by atoms with Crippen molar-refractivity contribution in [3.8, 4) is 22.4 Å². The molecule has 4 rings (SSSR count). The van der Waals surface area contributed by atoms with Crippen LogP contribution in [0.25, 0.3) is 22.4 Å². The van der Waals surface area contributed by atoms with Gasteiger partial charge in [0.15, 0.2) is 5.13 Å². The van der Waals surface area contributed by atoms with Crippen LogP contribution in [0.15, 0.2) is 36.4 Å². The number of carbonyl (C=O) groups excluding carboxylic acids is 1. The first-order valence-electron chi connectivity index (χ1n) is 7.87. The summed E-state index contributed by atoms with van der Waals surface area (Å²) < 4.78 is 0. The van der Waals surface area contributed by atoms with Crippen molar-refractivity contribution < 1.29 is 9.72 Å². The van der Waals surface area contributed by atoms with Gasteiger partial charge in [-0.2, -0.15) is 0 Å². The zero-order valence-corrected chi connectivity index (χ0v) is 14.6. The highest BCUT2D eigenvalue weighted by atomic mass is 32.1. The number of anilines is 2. The van der Waals surface area contributed by atoms with Gasteiger partial charge in [-0.1, -0.05) is 12.1 Å². The fourth-order valence-electron chi connectivity index (χ4n) is 3.20. The van der Waals surface area contributed by atoms with Crippen molar-refractivity contribution in [3.05, 3.63) is 57.0 Å². The Kier molecular flexibility index (Phi) is 3.69. The highest BCUT2D eigenvalue weighted by molar-refractivity contribution is 7.15. The molecule has 1 aromatic heterocycles. The fraction of sp³-hybridized carbons (Fsp3) is 0.111. The summed E-state index contributed by atoms with van der Waals surface area (Å²) in [4.78, 5) is 27.8. The first-order chi connectivity index (χ1) is 12.4. The summed E-state index contributed by atoms with van der Waals surface area (Å²) in [7, 11) is 0. The van der Waals surface area contributed by atoms with E-state index >= 15 is 0 Å². The van der Waals surface area contributed by atoms with E-state index in [1.165, 1.54) is 30.4 Å². The van der Waals surface area contributed by atoms with Gasteiger partial charge in [-0.3, -0.25) is 14.9 Å².